The molecule has 0 bridgehead atoms. The Labute approximate surface area is 142 Å². The van der Waals surface area contributed by atoms with Gasteiger partial charge in [0.25, 0.3) is 0 Å². The van der Waals surface area contributed by atoms with Gasteiger partial charge in [0.2, 0.25) is 6.79 Å². The largest absolute Gasteiger partial charge is 0.481 e. The number of rotatable bonds is 5. The van der Waals surface area contributed by atoms with Gasteiger partial charge in [0.1, 0.15) is 0 Å². The summed E-state index contributed by atoms with van der Waals surface area (Å²) in [6.07, 6.45) is 4.96. The van der Waals surface area contributed by atoms with E-state index in [1.807, 2.05) is 31.2 Å². The maximum absolute atomic E-state index is 12.0. The Morgan fingerprint density at radius 2 is 2.12 bits per heavy atom. The molecule has 0 spiro atoms. The maximum atomic E-state index is 12.0. The second-order valence-corrected chi connectivity index (χ2v) is 7.29. The minimum Gasteiger partial charge on any atom is -0.481 e. The fraction of sp³-hybridized carbons (Fsp3) is 0.526. The zero-order valence-electron chi connectivity index (χ0n) is 14.4. The fourth-order valence-corrected chi connectivity index (χ4v) is 3.91. The van der Waals surface area contributed by atoms with E-state index >= 15 is 0 Å². The van der Waals surface area contributed by atoms with Crippen molar-refractivity contribution in [3.05, 3.63) is 35.9 Å². The van der Waals surface area contributed by atoms with Crippen LogP contribution in [0.15, 0.2) is 30.4 Å². The summed E-state index contributed by atoms with van der Waals surface area (Å²) in [5, 5.41) is 13.3. The van der Waals surface area contributed by atoms with E-state index in [-0.39, 0.29) is 24.2 Å². The molecule has 1 aromatic carbocycles. The molecule has 0 saturated carbocycles. The Bertz CT molecular complexity index is 653. The van der Waals surface area contributed by atoms with Crippen LogP contribution in [0.1, 0.15) is 38.7 Å². The predicted molar refractivity (Wildman–Crippen MR) is 91.4 cm³/mol. The third-order valence-electron chi connectivity index (χ3n) is 4.94. The van der Waals surface area contributed by atoms with E-state index in [9.17, 15) is 9.90 Å². The summed E-state index contributed by atoms with van der Waals surface area (Å²) in [5.41, 5.74) is 0.953. The van der Waals surface area contributed by atoms with Crippen molar-refractivity contribution in [3.8, 4) is 11.5 Å². The van der Waals surface area contributed by atoms with Crippen molar-refractivity contribution in [2.75, 3.05) is 13.3 Å². The molecule has 5 heteroatoms. The molecule has 24 heavy (non-hydrogen) atoms. The van der Waals surface area contributed by atoms with Crippen LogP contribution in [0, 0.1) is 11.3 Å². The summed E-state index contributed by atoms with van der Waals surface area (Å²) in [6, 6.07) is 5.69. The summed E-state index contributed by atoms with van der Waals surface area (Å²) >= 11 is 0. The zero-order valence-corrected chi connectivity index (χ0v) is 14.4. The molecule has 0 aromatic heterocycles. The second-order valence-electron chi connectivity index (χ2n) is 7.29. The van der Waals surface area contributed by atoms with Crippen molar-refractivity contribution >= 4 is 5.97 Å². The Balaban J connectivity index is 1.83. The van der Waals surface area contributed by atoms with E-state index in [0.29, 0.717) is 12.3 Å². The number of hydrogen-bond donors (Lipinski definition) is 2. The smallest absolute Gasteiger partial charge is 0.308 e. The number of carboxylic acid groups (broad SMARTS) is 1. The van der Waals surface area contributed by atoms with Gasteiger partial charge in [-0.1, -0.05) is 32.1 Å². The second kappa shape index (κ2) is 6.48. The van der Waals surface area contributed by atoms with Crippen LogP contribution in [0.2, 0.25) is 0 Å². The van der Waals surface area contributed by atoms with Crippen molar-refractivity contribution in [1.82, 2.24) is 5.32 Å². The summed E-state index contributed by atoms with van der Waals surface area (Å²) in [6.45, 7) is 7.16. The standard InChI is InChI=1S/C19H25NO4/c1-4-7-19(2,3)9-14-17(18(21)22)13(10-20-14)12-5-6-15-16(8-12)24-11-23-15/h4-8,13-14,17,20H,9-11H2,1-3H3,(H,21,22)/t13?,14-,17+/m1/s1. The first-order valence-electron chi connectivity index (χ1n) is 8.41. The highest BCUT2D eigenvalue weighted by Crippen LogP contribution is 2.41. The van der Waals surface area contributed by atoms with Gasteiger partial charge < -0.3 is 19.9 Å². The van der Waals surface area contributed by atoms with Crippen molar-refractivity contribution in [2.24, 2.45) is 11.3 Å². The molecule has 3 rings (SSSR count). The quantitative estimate of drug-likeness (QED) is 0.811. The van der Waals surface area contributed by atoms with Crippen LogP contribution in [0.5, 0.6) is 11.5 Å². The van der Waals surface area contributed by atoms with Gasteiger partial charge in [-0.3, -0.25) is 4.79 Å². The number of aliphatic carboxylic acids is 1. The average Bonchev–Trinajstić information content (AvgIpc) is 3.11. The van der Waals surface area contributed by atoms with Gasteiger partial charge in [-0.15, -0.1) is 0 Å². The third kappa shape index (κ3) is 3.26. The Morgan fingerprint density at radius 3 is 2.83 bits per heavy atom. The van der Waals surface area contributed by atoms with Crippen LogP contribution < -0.4 is 14.8 Å². The molecule has 1 saturated heterocycles. The minimum atomic E-state index is -0.746. The fourth-order valence-electron chi connectivity index (χ4n) is 3.91. The van der Waals surface area contributed by atoms with Crippen molar-refractivity contribution in [2.45, 2.75) is 39.2 Å². The normalized spacial score (nSPS) is 26.2. The van der Waals surface area contributed by atoms with Gasteiger partial charge in [0.05, 0.1) is 5.92 Å². The van der Waals surface area contributed by atoms with Crippen LogP contribution in [0.25, 0.3) is 0 Å². The zero-order chi connectivity index (χ0) is 17.3. The van der Waals surface area contributed by atoms with Crippen molar-refractivity contribution < 1.29 is 19.4 Å². The lowest BCUT2D eigenvalue weighted by atomic mass is 9.78. The average molecular weight is 331 g/mol. The highest BCUT2D eigenvalue weighted by atomic mass is 16.7. The summed E-state index contributed by atoms with van der Waals surface area (Å²) in [7, 11) is 0. The SMILES string of the molecule is CC=CC(C)(C)C[C@H]1NCC(c2ccc3c(c2)OCO3)[C@@H]1C(=O)O. The van der Waals surface area contributed by atoms with Crippen LogP contribution in [-0.4, -0.2) is 30.5 Å². The van der Waals surface area contributed by atoms with Crippen LogP contribution in [0.3, 0.4) is 0 Å². The van der Waals surface area contributed by atoms with E-state index in [1.165, 1.54) is 0 Å². The van der Waals surface area contributed by atoms with E-state index in [2.05, 4.69) is 25.2 Å². The number of allylic oxidation sites excluding steroid dienone is 2. The number of carboxylic acids is 1. The molecule has 0 amide bonds. The Hall–Kier alpha value is -2.01. The van der Waals surface area contributed by atoms with Crippen molar-refractivity contribution in [3.63, 3.8) is 0 Å². The molecule has 0 radical (unpaired) electrons. The molecule has 5 nitrogen and oxygen atoms in total. The lowest BCUT2D eigenvalue weighted by Gasteiger charge is -2.28. The number of fused-ring (bicyclic) bond motifs is 1. The molecule has 1 aromatic rings. The Kier molecular flexibility index (Phi) is 4.54. The molecular weight excluding hydrogens is 306 g/mol. The molecule has 2 aliphatic rings. The summed E-state index contributed by atoms with van der Waals surface area (Å²) < 4.78 is 10.8. The number of carbonyl (C=O) groups is 1. The molecular formula is C19H25NO4. The minimum absolute atomic E-state index is 0.0378. The van der Waals surface area contributed by atoms with Gasteiger partial charge in [-0.05, 0) is 36.5 Å². The molecule has 2 aliphatic heterocycles. The van der Waals surface area contributed by atoms with Crippen LogP contribution >= 0.6 is 0 Å². The maximum Gasteiger partial charge on any atom is 0.308 e. The van der Waals surface area contributed by atoms with Gasteiger partial charge >= 0.3 is 5.97 Å². The first-order chi connectivity index (χ1) is 11.4. The third-order valence-corrected chi connectivity index (χ3v) is 4.94. The van der Waals surface area contributed by atoms with Gasteiger partial charge in [-0.2, -0.15) is 0 Å². The molecule has 2 N–H and O–H groups in total. The van der Waals surface area contributed by atoms with Gasteiger partial charge in [0.15, 0.2) is 11.5 Å². The lowest BCUT2D eigenvalue weighted by Crippen LogP contribution is -2.36. The molecule has 1 unspecified atom stereocenters. The van der Waals surface area contributed by atoms with E-state index < -0.39 is 11.9 Å². The monoisotopic (exact) mass is 331 g/mol. The highest BCUT2D eigenvalue weighted by molar-refractivity contribution is 5.73. The van der Waals surface area contributed by atoms with Crippen LogP contribution in [0.4, 0.5) is 0 Å². The summed E-state index contributed by atoms with van der Waals surface area (Å²) in [4.78, 5) is 12.0. The topological polar surface area (TPSA) is 67.8 Å². The first kappa shape index (κ1) is 16.8. The Morgan fingerprint density at radius 1 is 1.38 bits per heavy atom. The number of nitrogens with one attached hydrogen (secondary N) is 1. The number of ether oxygens (including phenoxy) is 2. The van der Waals surface area contributed by atoms with Crippen LogP contribution in [-0.2, 0) is 4.79 Å². The van der Waals surface area contributed by atoms with Gasteiger partial charge in [-0.25, -0.2) is 0 Å². The number of hydrogen-bond acceptors (Lipinski definition) is 4. The molecule has 0 aliphatic carbocycles. The van der Waals surface area contributed by atoms with E-state index in [1.54, 1.807) is 0 Å². The lowest BCUT2D eigenvalue weighted by molar-refractivity contribution is -0.142. The molecule has 3 atom stereocenters. The van der Waals surface area contributed by atoms with Gasteiger partial charge in [0, 0.05) is 18.5 Å². The molecule has 2 heterocycles. The molecule has 130 valence electrons. The van der Waals surface area contributed by atoms with E-state index in [0.717, 1.165) is 17.7 Å². The first-order valence-corrected chi connectivity index (χ1v) is 8.41. The predicted octanol–water partition coefficient (Wildman–Crippen LogP) is 3.16. The highest BCUT2D eigenvalue weighted by Gasteiger charge is 2.43. The van der Waals surface area contributed by atoms with Crippen molar-refractivity contribution in [1.29, 1.82) is 0 Å². The van der Waals surface area contributed by atoms with E-state index in [4.69, 9.17) is 9.47 Å². The number of benzene rings is 1. The molecule has 1 fully saturated rings. The summed E-state index contributed by atoms with van der Waals surface area (Å²) in [5.74, 6) is 0.166.